The van der Waals surface area contributed by atoms with Crippen LogP contribution in [0.15, 0.2) is 47.6 Å². The van der Waals surface area contributed by atoms with Gasteiger partial charge in [-0.2, -0.15) is 0 Å². The van der Waals surface area contributed by atoms with Gasteiger partial charge >= 0.3 is 5.97 Å². The van der Waals surface area contributed by atoms with Crippen molar-refractivity contribution in [1.82, 2.24) is 0 Å². The van der Waals surface area contributed by atoms with E-state index >= 15 is 0 Å². The first-order chi connectivity index (χ1) is 13.1. The number of methoxy groups -OCH3 is 1. The van der Waals surface area contributed by atoms with Crippen LogP contribution < -0.4 is 14.8 Å². The maximum absolute atomic E-state index is 12.1. The molecule has 0 atom stereocenters. The molecule has 8 nitrogen and oxygen atoms in total. The van der Waals surface area contributed by atoms with E-state index in [1.807, 2.05) is 0 Å². The minimum Gasteiger partial charge on any atom is -0.493 e. The zero-order valence-corrected chi connectivity index (χ0v) is 15.0. The predicted octanol–water partition coefficient (Wildman–Crippen LogP) is 2.70. The molecule has 0 saturated carbocycles. The summed E-state index contributed by atoms with van der Waals surface area (Å²) in [4.78, 5) is 23.7. The van der Waals surface area contributed by atoms with Crippen LogP contribution in [0.25, 0.3) is 0 Å². The van der Waals surface area contributed by atoms with Crippen LogP contribution in [0.3, 0.4) is 0 Å². The number of anilines is 1. The van der Waals surface area contributed by atoms with Gasteiger partial charge in [-0.15, -0.1) is 0 Å². The molecule has 0 radical (unpaired) electrons. The Bertz CT molecular complexity index is 817. The summed E-state index contributed by atoms with van der Waals surface area (Å²) in [6.07, 6.45) is 1.25. The Hall–Kier alpha value is -3.55. The summed E-state index contributed by atoms with van der Waals surface area (Å²) in [5, 5.41) is 14.2. The summed E-state index contributed by atoms with van der Waals surface area (Å²) in [5.41, 5.74) is 1.55. The van der Waals surface area contributed by atoms with Crippen molar-refractivity contribution in [2.75, 3.05) is 25.6 Å². The summed E-state index contributed by atoms with van der Waals surface area (Å²) in [6.45, 7) is 1.80. The number of amides is 1. The molecule has 0 aliphatic heterocycles. The van der Waals surface area contributed by atoms with Gasteiger partial charge in [0.1, 0.15) is 0 Å². The van der Waals surface area contributed by atoms with Gasteiger partial charge in [0.25, 0.3) is 5.91 Å². The van der Waals surface area contributed by atoms with Gasteiger partial charge in [0.2, 0.25) is 0 Å². The topological polar surface area (TPSA) is 106 Å². The number of nitrogens with one attached hydrogen (secondary N) is 1. The minimum absolute atomic E-state index is 0.233. The van der Waals surface area contributed by atoms with E-state index in [1.165, 1.54) is 13.3 Å². The molecule has 0 fully saturated rings. The number of hydrogen-bond acceptors (Lipinski definition) is 7. The van der Waals surface area contributed by atoms with Crippen LogP contribution in [-0.4, -0.2) is 43.6 Å². The third kappa shape index (κ3) is 5.74. The third-order valence-corrected chi connectivity index (χ3v) is 3.43. The van der Waals surface area contributed by atoms with E-state index in [9.17, 15) is 9.59 Å². The molecule has 2 aromatic rings. The maximum Gasteiger partial charge on any atom is 0.338 e. The Morgan fingerprint density at radius 1 is 1.15 bits per heavy atom. The van der Waals surface area contributed by atoms with E-state index in [4.69, 9.17) is 19.4 Å². The molecule has 2 rings (SSSR count). The van der Waals surface area contributed by atoms with Gasteiger partial charge in [-0.25, -0.2) is 4.79 Å². The average molecular weight is 372 g/mol. The molecule has 2 N–H and O–H groups in total. The third-order valence-electron chi connectivity index (χ3n) is 3.43. The van der Waals surface area contributed by atoms with Gasteiger partial charge < -0.3 is 24.7 Å². The number of carbonyl (C=O) groups is 2. The van der Waals surface area contributed by atoms with Gasteiger partial charge in [0.05, 0.1) is 25.5 Å². The smallest absolute Gasteiger partial charge is 0.338 e. The highest BCUT2D eigenvalue weighted by molar-refractivity contribution is 5.93. The summed E-state index contributed by atoms with van der Waals surface area (Å²) in [7, 11) is 1.47. The van der Waals surface area contributed by atoms with E-state index in [2.05, 4.69) is 10.5 Å². The van der Waals surface area contributed by atoms with Crippen LogP contribution in [0.1, 0.15) is 22.8 Å². The molecule has 0 aliphatic carbocycles. The summed E-state index contributed by atoms with van der Waals surface area (Å²) in [6, 6.07) is 11.2. The fourth-order valence-electron chi connectivity index (χ4n) is 2.19. The van der Waals surface area contributed by atoms with E-state index in [0.29, 0.717) is 34.9 Å². The highest BCUT2D eigenvalue weighted by Gasteiger charge is 2.10. The molecule has 0 aromatic heterocycles. The van der Waals surface area contributed by atoms with Gasteiger partial charge in [-0.05, 0) is 49.4 Å². The molecule has 142 valence electrons. The van der Waals surface area contributed by atoms with Crippen LogP contribution in [0, 0.1) is 0 Å². The normalized spacial score (nSPS) is 10.4. The first-order valence-corrected chi connectivity index (χ1v) is 8.12. The Labute approximate surface area is 156 Å². The molecule has 1 amide bonds. The quantitative estimate of drug-likeness (QED) is 0.319. The van der Waals surface area contributed by atoms with Gasteiger partial charge in [-0.1, -0.05) is 5.16 Å². The van der Waals surface area contributed by atoms with Crippen molar-refractivity contribution < 1.29 is 29.0 Å². The second kappa shape index (κ2) is 9.81. The van der Waals surface area contributed by atoms with E-state index in [1.54, 1.807) is 49.4 Å². The second-order valence-corrected chi connectivity index (χ2v) is 5.29. The van der Waals surface area contributed by atoms with Crippen LogP contribution in [-0.2, 0) is 9.53 Å². The number of ether oxygens (including phenoxy) is 3. The van der Waals surface area contributed by atoms with Crippen molar-refractivity contribution in [2.24, 2.45) is 5.16 Å². The molecule has 0 unspecified atom stereocenters. The van der Waals surface area contributed by atoms with Crippen molar-refractivity contribution in [3.8, 4) is 11.5 Å². The predicted molar refractivity (Wildman–Crippen MR) is 98.9 cm³/mol. The Balaban J connectivity index is 1.93. The van der Waals surface area contributed by atoms with Crippen molar-refractivity contribution in [2.45, 2.75) is 6.92 Å². The van der Waals surface area contributed by atoms with Crippen LogP contribution >= 0.6 is 0 Å². The zero-order chi connectivity index (χ0) is 19.6. The monoisotopic (exact) mass is 372 g/mol. The average Bonchev–Trinajstić information content (AvgIpc) is 2.68. The van der Waals surface area contributed by atoms with Gasteiger partial charge in [-0.3, -0.25) is 4.79 Å². The Morgan fingerprint density at radius 2 is 1.89 bits per heavy atom. The molecule has 8 heteroatoms. The van der Waals surface area contributed by atoms with Crippen LogP contribution in [0.2, 0.25) is 0 Å². The molecule has 2 aromatic carbocycles. The van der Waals surface area contributed by atoms with E-state index < -0.39 is 5.97 Å². The molecule has 0 spiro atoms. The molecule has 0 bridgehead atoms. The lowest BCUT2D eigenvalue weighted by molar-refractivity contribution is -0.118. The lowest BCUT2D eigenvalue weighted by atomic mass is 10.2. The standard InChI is InChI=1S/C19H20N2O6/c1-3-26-19(23)14-5-7-15(8-6-14)21-18(22)12-27-16-9-4-13(11-20-24)10-17(16)25-2/h4-11,24H,3,12H2,1-2H3,(H,21,22)/b20-11+. The minimum atomic E-state index is -0.416. The Morgan fingerprint density at radius 3 is 2.52 bits per heavy atom. The number of oxime groups is 1. The highest BCUT2D eigenvalue weighted by atomic mass is 16.5. The SMILES string of the molecule is CCOC(=O)c1ccc(NC(=O)COc2ccc(/C=N/O)cc2OC)cc1. The highest BCUT2D eigenvalue weighted by Crippen LogP contribution is 2.27. The van der Waals surface area contributed by atoms with Crippen molar-refractivity contribution >= 4 is 23.8 Å². The molecule has 0 saturated heterocycles. The van der Waals surface area contributed by atoms with Crippen LogP contribution in [0.4, 0.5) is 5.69 Å². The number of carbonyl (C=O) groups excluding carboxylic acids is 2. The van der Waals surface area contributed by atoms with Gasteiger partial charge in [0.15, 0.2) is 18.1 Å². The number of benzene rings is 2. The van der Waals surface area contributed by atoms with E-state index in [0.717, 1.165) is 0 Å². The van der Waals surface area contributed by atoms with Crippen molar-refractivity contribution in [1.29, 1.82) is 0 Å². The summed E-state index contributed by atoms with van der Waals surface area (Å²) in [5.74, 6) is -0.0122. The lowest BCUT2D eigenvalue weighted by Crippen LogP contribution is -2.20. The summed E-state index contributed by atoms with van der Waals surface area (Å²) >= 11 is 0. The molecular formula is C19H20N2O6. The molecule has 0 aliphatic rings. The number of hydrogen-bond donors (Lipinski definition) is 2. The number of rotatable bonds is 8. The first kappa shape index (κ1) is 19.8. The second-order valence-electron chi connectivity index (χ2n) is 5.29. The van der Waals surface area contributed by atoms with E-state index in [-0.39, 0.29) is 12.5 Å². The summed E-state index contributed by atoms with van der Waals surface area (Å²) < 4.78 is 15.6. The first-order valence-electron chi connectivity index (χ1n) is 8.12. The van der Waals surface area contributed by atoms with Crippen LogP contribution in [0.5, 0.6) is 11.5 Å². The Kier molecular flexibility index (Phi) is 7.18. The maximum atomic E-state index is 12.1. The number of esters is 1. The lowest BCUT2D eigenvalue weighted by Gasteiger charge is -2.11. The number of nitrogens with zero attached hydrogens (tertiary/aromatic N) is 1. The molecule has 0 heterocycles. The fourth-order valence-corrected chi connectivity index (χ4v) is 2.19. The zero-order valence-electron chi connectivity index (χ0n) is 15.0. The largest absolute Gasteiger partial charge is 0.493 e. The fraction of sp³-hybridized carbons (Fsp3) is 0.211. The van der Waals surface area contributed by atoms with Crippen molar-refractivity contribution in [3.63, 3.8) is 0 Å². The molecular weight excluding hydrogens is 352 g/mol. The van der Waals surface area contributed by atoms with Gasteiger partial charge in [0, 0.05) is 11.3 Å². The van der Waals surface area contributed by atoms with Crippen molar-refractivity contribution in [3.05, 3.63) is 53.6 Å². The molecule has 27 heavy (non-hydrogen) atoms.